The Hall–Kier alpha value is -2.77. The first-order chi connectivity index (χ1) is 12.9. The Morgan fingerprint density at radius 2 is 1.25 bits per heavy atom. The Kier molecular flexibility index (Phi) is 10.7. The van der Waals surface area contributed by atoms with Gasteiger partial charge in [-0.2, -0.15) is 0 Å². The van der Waals surface area contributed by atoms with Gasteiger partial charge in [0.25, 0.3) is 0 Å². The molecule has 4 unspecified atom stereocenters. The first kappa shape index (κ1) is 25.2. The Morgan fingerprint density at radius 1 is 0.821 bits per heavy atom. The molecule has 0 spiro atoms. The van der Waals surface area contributed by atoms with Crippen molar-refractivity contribution in [1.82, 2.24) is 16.0 Å². The van der Waals surface area contributed by atoms with Crippen molar-refractivity contribution >= 4 is 29.7 Å². The molecular weight excluding hydrogens is 380 g/mol. The van der Waals surface area contributed by atoms with Crippen LogP contribution in [0.5, 0.6) is 0 Å². The fourth-order valence-electron chi connectivity index (χ4n) is 1.99. The summed E-state index contributed by atoms with van der Waals surface area (Å²) in [5, 5.41) is 42.5. The van der Waals surface area contributed by atoms with Gasteiger partial charge in [0.05, 0.1) is 25.7 Å². The van der Waals surface area contributed by atoms with Crippen LogP contribution < -0.4 is 21.7 Å². The van der Waals surface area contributed by atoms with Crippen molar-refractivity contribution in [1.29, 1.82) is 0 Å². The van der Waals surface area contributed by atoms with Gasteiger partial charge in [0.2, 0.25) is 17.7 Å². The molecule has 0 heterocycles. The number of amides is 3. The molecule has 9 N–H and O–H groups in total. The van der Waals surface area contributed by atoms with Gasteiger partial charge in [-0.05, 0) is 5.92 Å². The van der Waals surface area contributed by atoms with E-state index in [0.717, 1.165) is 0 Å². The van der Waals surface area contributed by atoms with Gasteiger partial charge in [-0.25, -0.2) is 4.79 Å². The number of carboxylic acids is 2. The highest BCUT2D eigenvalue weighted by molar-refractivity contribution is 5.94. The highest BCUT2D eigenvalue weighted by Gasteiger charge is 2.31. The van der Waals surface area contributed by atoms with Crippen molar-refractivity contribution in [3.05, 3.63) is 0 Å². The molecule has 0 bridgehead atoms. The standard InChI is InChI=1S/C15H26N4O9/c1-6(2)11(15(27)28)19-14(26)9(5-21)18-13(25)8(4-20)17-12(24)7(16)3-10(22)23/h6-9,11,20-21H,3-5,16H2,1-2H3,(H,17,24)(H,18,25)(H,19,26)(H,22,23)(H,27,28). The minimum atomic E-state index is -1.57. The van der Waals surface area contributed by atoms with E-state index in [1.165, 1.54) is 0 Å². The lowest BCUT2D eigenvalue weighted by atomic mass is 10.0. The number of aliphatic hydroxyl groups excluding tert-OH is 2. The quantitative estimate of drug-likeness (QED) is 0.156. The largest absolute Gasteiger partial charge is 0.481 e. The molecule has 0 fully saturated rings. The summed E-state index contributed by atoms with van der Waals surface area (Å²) >= 11 is 0. The van der Waals surface area contributed by atoms with Gasteiger partial charge in [0.1, 0.15) is 18.1 Å². The molecule has 0 rings (SSSR count). The number of aliphatic hydroxyl groups is 2. The molecule has 0 aliphatic heterocycles. The lowest BCUT2D eigenvalue weighted by Crippen LogP contribution is -2.59. The monoisotopic (exact) mass is 406 g/mol. The SMILES string of the molecule is CC(C)C(NC(=O)C(CO)NC(=O)C(CO)NC(=O)C(N)CC(=O)O)C(=O)O. The third-order valence-electron chi connectivity index (χ3n) is 3.59. The zero-order valence-corrected chi connectivity index (χ0v) is 15.4. The van der Waals surface area contributed by atoms with Crippen LogP contribution in [0.1, 0.15) is 20.3 Å². The maximum atomic E-state index is 12.1. The average molecular weight is 406 g/mol. The summed E-state index contributed by atoms with van der Waals surface area (Å²) in [5.41, 5.74) is 5.34. The van der Waals surface area contributed by atoms with E-state index in [0.29, 0.717) is 0 Å². The molecule has 13 heteroatoms. The average Bonchev–Trinajstić information content (AvgIpc) is 2.59. The van der Waals surface area contributed by atoms with E-state index in [1.54, 1.807) is 13.8 Å². The molecule has 0 radical (unpaired) electrons. The van der Waals surface area contributed by atoms with Gasteiger partial charge in [-0.3, -0.25) is 19.2 Å². The number of rotatable bonds is 12. The first-order valence-corrected chi connectivity index (χ1v) is 8.27. The van der Waals surface area contributed by atoms with Crippen LogP contribution >= 0.6 is 0 Å². The predicted molar refractivity (Wildman–Crippen MR) is 92.7 cm³/mol. The second-order valence-corrected chi connectivity index (χ2v) is 6.26. The number of carbonyl (C=O) groups is 5. The van der Waals surface area contributed by atoms with Gasteiger partial charge in [-0.15, -0.1) is 0 Å². The number of nitrogens with one attached hydrogen (secondary N) is 3. The number of nitrogens with two attached hydrogens (primary N) is 1. The maximum absolute atomic E-state index is 12.1. The van der Waals surface area contributed by atoms with Crippen LogP contribution in [0, 0.1) is 5.92 Å². The van der Waals surface area contributed by atoms with E-state index in [2.05, 4.69) is 10.6 Å². The fourth-order valence-corrected chi connectivity index (χ4v) is 1.99. The van der Waals surface area contributed by atoms with Gasteiger partial charge in [0.15, 0.2) is 0 Å². The summed E-state index contributed by atoms with van der Waals surface area (Å²) in [6.07, 6.45) is -0.709. The smallest absolute Gasteiger partial charge is 0.326 e. The van der Waals surface area contributed by atoms with E-state index < -0.39 is 79.4 Å². The summed E-state index contributed by atoms with van der Waals surface area (Å²) in [7, 11) is 0. The molecule has 0 aromatic carbocycles. The summed E-state index contributed by atoms with van der Waals surface area (Å²) in [6.45, 7) is 1.31. The van der Waals surface area contributed by atoms with Crippen molar-refractivity contribution in [2.24, 2.45) is 11.7 Å². The normalized spacial score (nSPS) is 15.1. The summed E-state index contributed by atoms with van der Waals surface area (Å²) in [6, 6.07) is -5.86. The van der Waals surface area contributed by atoms with Crippen LogP contribution in [-0.4, -0.2) is 87.5 Å². The molecule has 0 aromatic heterocycles. The molecule has 28 heavy (non-hydrogen) atoms. The molecule has 0 aromatic rings. The second kappa shape index (κ2) is 11.8. The van der Waals surface area contributed by atoms with Crippen LogP contribution in [0.25, 0.3) is 0 Å². The van der Waals surface area contributed by atoms with Crippen molar-refractivity contribution in [2.45, 2.75) is 44.4 Å². The molecule has 0 aliphatic carbocycles. The number of aliphatic carboxylic acids is 2. The zero-order valence-electron chi connectivity index (χ0n) is 15.4. The Bertz CT molecular complexity index is 596. The van der Waals surface area contributed by atoms with Gasteiger partial charge < -0.3 is 42.1 Å². The third-order valence-corrected chi connectivity index (χ3v) is 3.59. The molecule has 0 saturated heterocycles. The Labute approximate surface area is 160 Å². The van der Waals surface area contributed by atoms with E-state index in [1.807, 2.05) is 5.32 Å². The first-order valence-electron chi connectivity index (χ1n) is 8.27. The van der Waals surface area contributed by atoms with Crippen molar-refractivity contribution in [3.8, 4) is 0 Å². The number of carbonyl (C=O) groups excluding carboxylic acids is 3. The zero-order chi connectivity index (χ0) is 22.0. The summed E-state index contributed by atoms with van der Waals surface area (Å²) in [4.78, 5) is 57.7. The highest BCUT2D eigenvalue weighted by atomic mass is 16.4. The molecule has 160 valence electrons. The minimum Gasteiger partial charge on any atom is -0.481 e. The lowest BCUT2D eigenvalue weighted by Gasteiger charge is -2.24. The van der Waals surface area contributed by atoms with Crippen molar-refractivity contribution in [3.63, 3.8) is 0 Å². The second-order valence-electron chi connectivity index (χ2n) is 6.26. The molecule has 0 aliphatic rings. The van der Waals surface area contributed by atoms with Crippen molar-refractivity contribution < 1.29 is 44.4 Å². The van der Waals surface area contributed by atoms with E-state index in [-0.39, 0.29) is 0 Å². The topological polar surface area (TPSA) is 228 Å². The van der Waals surface area contributed by atoms with Crippen LogP contribution in [0.3, 0.4) is 0 Å². The highest BCUT2D eigenvalue weighted by Crippen LogP contribution is 2.02. The fraction of sp³-hybridized carbons (Fsp3) is 0.667. The van der Waals surface area contributed by atoms with Gasteiger partial charge in [0, 0.05) is 0 Å². The predicted octanol–water partition coefficient (Wildman–Crippen LogP) is -4.03. The molecule has 3 amide bonds. The maximum Gasteiger partial charge on any atom is 0.326 e. The third kappa shape index (κ3) is 8.28. The minimum absolute atomic E-state index is 0.475. The van der Waals surface area contributed by atoms with Crippen LogP contribution in [-0.2, 0) is 24.0 Å². The summed E-state index contributed by atoms with van der Waals surface area (Å²) in [5.74, 6) is -6.20. The number of hydrogen-bond donors (Lipinski definition) is 8. The molecule has 0 saturated carbocycles. The van der Waals surface area contributed by atoms with E-state index in [4.69, 9.17) is 15.9 Å². The lowest BCUT2D eigenvalue weighted by molar-refractivity contribution is -0.143. The molecule has 4 atom stereocenters. The van der Waals surface area contributed by atoms with Gasteiger partial charge in [-0.1, -0.05) is 13.8 Å². The van der Waals surface area contributed by atoms with Gasteiger partial charge >= 0.3 is 11.9 Å². The van der Waals surface area contributed by atoms with Crippen LogP contribution in [0.4, 0.5) is 0 Å². The Morgan fingerprint density at radius 3 is 1.61 bits per heavy atom. The molecular formula is C15H26N4O9. The Balaban J connectivity index is 4.99. The number of carboxylic acid groups (broad SMARTS) is 2. The summed E-state index contributed by atoms with van der Waals surface area (Å²) < 4.78 is 0. The number of hydrogen-bond acceptors (Lipinski definition) is 8. The van der Waals surface area contributed by atoms with Crippen LogP contribution in [0.15, 0.2) is 0 Å². The van der Waals surface area contributed by atoms with Crippen LogP contribution in [0.2, 0.25) is 0 Å². The van der Waals surface area contributed by atoms with E-state index >= 15 is 0 Å². The van der Waals surface area contributed by atoms with Crippen molar-refractivity contribution in [2.75, 3.05) is 13.2 Å². The van der Waals surface area contributed by atoms with E-state index in [9.17, 15) is 34.2 Å². The molecule has 13 nitrogen and oxygen atoms in total.